The first-order chi connectivity index (χ1) is 11.5. The lowest BCUT2D eigenvalue weighted by Crippen LogP contribution is -2.36. The maximum absolute atomic E-state index is 12.0. The fourth-order valence-electron chi connectivity index (χ4n) is 3.45. The normalized spacial score (nSPS) is 18.7. The molecule has 0 bridgehead atoms. The number of hydrogen-bond acceptors (Lipinski definition) is 3. The molecule has 1 aliphatic heterocycles. The van der Waals surface area contributed by atoms with Gasteiger partial charge in [0.2, 0.25) is 0 Å². The van der Waals surface area contributed by atoms with Crippen molar-refractivity contribution >= 4 is 5.91 Å². The first kappa shape index (κ1) is 16.8. The molecule has 1 saturated heterocycles. The van der Waals surface area contributed by atoms with Gasteiger partial charge < -0.3 is 14.5 Å². The molecule has 3 rings (SSSR count). The Bertz CT molecular complexity index is 687. The van der Waals surface area contributed by atoms with E-state index in [1.165, 1.54) is 18.7 Å². The molecule has 0 aromatic carbocycles. The summed E-state index contributed by atoms with van der Waals surface area (Å²) in [5, 5.41) is 0. The second-order valence-corrected chi connectivity index (χ2v) is 7.00. The first-order valence-corrected chi connectivity index (χ1v) is 8.61. The second-order valence-electron chi connectivity index (χ2n) is 7.00. The van der Waals surface area contributed by atoms with Crippen molar-refractivity contribution in [3.63, 3.8) is 0 Å². The van der Waals surface area contributed by atoms with Gasteiger partial charge in [-0.2, -0.15) is 0 Å². The molecule has 1 atom stereocenters. The van der Waals surface area contributed by atoms with Crippen molar-refractivity contribution in [2.24, 2.45) is 13.0 Å². The van der Waals surface area contributed by atoms with Gasteiger partial charge in [-0.25, -0.2) is 4.98 Å². The predicted octanol–water partition coefficient (Wildman–Crippen LogP) is 1.90. The van der Waals surface area contributed by atoms with E-state index in [1.807, 2.05) is 24.5 Å². The largest absolute Gasteiger partial charge is 0.353 e. The molecule has 0 unspecified atom stereocenters. The summed E-state index contributed by atoms with van der Waals surface area (Å²) in [5.74, 6) is 1.84. The van der Waals surface area contributed by atoms with Crippen molar-refractivity contribution in [1.82, 2.24) is 24.3 Å². The molecule has 130 valence electrons. The van der Waals surface area contributed by atoms with Crippen molar-refractivity contribution in [3.05, 3.63) is 41.7 Å². The van der Waals surface area contributed by atoms with Gasteiger partial charge in [-0.15, -0.1) is 0 Å². The Morgan fingerprint density at radius 3 is 2.96 bits per heavy atom. The SMILES string of the molecule is CN(C)C(=O)c1ccc(CN2CCC[C@@H](Cc3nccn3C)C2)[nH]1. The number of imidazole rings is 1. The standard InChI is InChI=1S/C18H27N5O/c1-21(2)18(24)16-7-6-15(20-16)13-23-9-4-5-14(12-23)11-17-19-8-10-22(17)3/h6-8,10,14,20H,4-5,9,11-13H2,1-3H3/t14-/m0/s1. The smallest absolute Gasteiger partial charge is 0.269 e. The molecule has 0 radical (unpaired) electrons. The third-order valence-electron chi connectivity index (χ3n) is 4.77. The number of aromatic nitrogens is 3. The summed E-state index contributed by atoms with van der Waals surface area (Å²) < 4.78 is 2.11. The second kappa shape index (κ2) is 7.21. The van der Waals surface area contributed by atoms with E-state index in [-0.39, 0.29) is 5.91 Å². The number of aromatic amines is 1. The number of piperidine rings is 1. The molecular weight excluding hydrogens is 302 g/mol. The molecule has 1 amide bonds. The van der Waals surface area contributed by atoms with Gasteiger partial charge >= 0.3 is 0 Å². The average molecular weight is 329 g/mol. The minimum Gasteiger partial charge on any atom is -0.353 e. The first-order valence-electron chi connectivity index (χ1n) is 8.61. The molecule has 0 saturated carbocycles. The molecule has 0 spiro atoms. The molecule has 2 aromatic rings. The van der Waals surface area contributed by atoms with Crippen LogP contribution in [0.5, 0.6) is 0 Å². The lowest BCUT2D eigenvalue weighted by molar-refractivity contribution is 0.0822. The summed E-state index contributed by atoms with van der Waals surface area (Å²) in [5.41, 5.74) is 1.77. The zero-order valence-corrected chi connectivity index (χ0v) is 14.8. The Morgan fingerprint density at radius 2 is 2.25 bits per heavy atom. The van der Waals surface area contributed by atoms with Gasteiger partial charge in [-0.3, -0.25) is 9.69 Å². The van der Waals surface area contributed by atoms with E-state index in [1.54, 1.807) is 19.0 Å². The van der Waals surface area contributed by atoms with Crippen LogP contribution >= 0.6 is 0 Å². The van der Waals surface area contributed by atoms with Gasteiger partial charge in [-0.1, -0.05) is 0 Å². The van der Waals surface area contributed by atoms with Crippen LogP contribution in [0.4, 0.5) is 0 Å². The van der Waals surface area contributed by atoms with Crippen molar-refractivity contribution in [3.8, 4) is 0 Å². The maximum Gasteiger partial charge on any atom is 0.269 e. The van der Waals surface area contributed by atoms with Crippen molar-refractivity contribution in [2.75, 3.05) is 27.2 Å². The van der Waals surface area contributed by atoms with E-state index in [0.29, 0.717) is 11.6 Å². The lowest BCUT2D eigenvalue weighted by atomic mass is 9.94. The summed E-state index contributed by atoms with van der Waals surface area (Å²) >= 11 is 0. The fourth-order valence-corrected chi connectivity index (χ4v) is 3.45. The number of amides is 1. The van der Waals surface area contributed by atoms with Crippen LogP contribution < -0.4 is 0 Å². The molecular formula is C18H27N5O. The van der Waals surface area contributed by atoms with Crippen LogP contribution in [0.15, 0.2) is 24.5 Å². The molecule has 1 aliphatic rings. The lowest BCUT2D eigenvalue weighted by Gasteiger charge is -2.32. The number of rotatable bonds is 5. The zero-order chi connectivity index (χ0) is 17.1. The van der Waals surface area contributed by atoms with Crippen LogP contribution in [0, 0.1) is 5.92 Å². The topological polar surface area (TPSA) is 57.2 Å². The molecule has 0 aliphatic carbocycles. The van der Waals surface area contributed by atoms with E-state index >= 15 is 0 Å². The summed E-state index contributed by atoms with van der Waals surface area (Å²) in [6.45, 7) is 3.08. The van der Waals surface area contributed by atoms with Crippen LogP contribution in [0.2, 0.25) is 0 Å². The highest BCUT2D eigenvalue weighted by Gasteiger charge is 2.22. The molecule has 24 heavy (non-hydrogen) atoms. The van der Waals surface area contributed by atoms with Gasteiger partial charge in [-0.05, 0) is 37.4 Å². The maximum atomic E-state index is 12.0. The van der Waals surface area contributed by atoms with Crippen molar-refractivity contribution in [1.29, 1.82) is 0 Å². The minimum atomic E-state index is 0.0209. The van der Waals surface area contributed by atoms with E-state index in [9.17, 15) is 4.79 Å². The Morgan fingerprint density at radius 1 is 1.42 bits per heavy atom. The van der Waals surface area contributed by atoms with E-state index in [4.69, 9.17) is 0 Å². The fraction of sp³-hybridized carbons (Fsp3) is 0.556. The number of H-pyrrole nitrogens is 1. The van der Waals surface area contributed by atoms with Gasteiger partial charge in [0.25, 0.3) is 5.91 Å². The van der Waals surface area contributed by atoms with E-state index in [0.717, 1.165) is 31.7 Å². The van der Waals surface area contributed by atoms with Crippen molar-refractivity contribution in [2.45, 2.75) is 25.8 Å². The van der Waals surface area contributed by atoms with Crippen LogP contribution in [0.25, 0.3) is 0 Å². The third kappa shape index (κ3) is 3.87. The number of carbonyl (C=O) groups excluding carboxylic acids is 1. The zero-order valence-electron chi connectivity index (χ0n) is 14.8. The molecule has 1 fully saturated rings. The number of nitrogens with one attached hydrogen (secondary N) is 1. The van der Waals surface area contributed by atoms with E-state index < -0.39 is 0 Å². The number of likely N-dealkylation sites (tertiary alicyclic amines) is 1. The summed E-state index contributed by atoms with van der Waals surface area (Å²) in [6.07, 6.45) is 7.41. The van der Waals surface area contributed by atoms with Gasteiger partial charge in [0.05, 0.1) is 0 Å². The Balaban J connectivity index is 1.57. The number of carbonyl (C=O) groups is 1. The molecule has 6 heteroatoms. The Labute approximate surface area is 143 Å². The highest BCUT2D eigenvalue weighted by Crippen LogP contribution is 2.21. The number of hydrogen-bond donors (Lipinski definition) is 1. The molecule has 1 N–H and O–H groups in total. The Kier molecular flexibility index (Phi) is 5.04. The quantitative estimate of drug-likeness (QED) is 0.911. The predicted molar refractivity (Wildman–Crippen MR) is 93.7 cm³/mol. The highest BCUT2D eigenvalue weighted by molar-refractivity contribution is 5.92. The molecule has 6 nitrogen and oxygen atoms in total. The minimum absolute atomic E-state index is 0.0209. The monoisotopic (exact) mass is 329 g/mol. The van der Waals surface area contributed by atoms with E-state index in [2.05, 4.69) is 26.5 Å². The van der Waals surface area contributed by atoms with Crippen molar-refractivity contribution < 1.29 is 4.79 Å². The van der Waals surface area contributed by atoms with Crippen LogP contribution in [-0.2, 0) is 20.0 Å². The molecule has 2 aromatic heterocycles. The summed E-state index contributed by atoms with van der Waals surface area (Å²) in [7, 11) is 5.61. The highest BCUT2D eigenvalue weighted by atomic mass is 16.2. The summed E-state index contributed by atoms with van der Waals surface area (Å²) in [6, 6.07) is 3.91. The summed E-state index contributed by atoms with van der Waals surface area (Å²) in [4.78, 5) is 23.8. The average Bonchev–Trinajstić information content (AvgIpc) is 3.17. The Hall–Kier alpha value is -2.08. The van der Waals surface area contributed by atoms with Crippen LogP contribution in [-0.4, -0.2) is 57.4 Å². The van der Waals surface area contributed by atoms with Crippen LogP contribution in [0.1, 0.15) is 34.8 Å². The van der Waals surface area contributed by atoms with Gasteiger partial charge in [0.15, 0.2) is 0 Å². The van der Waals surface area contributed by atoms with Gasteiger partial charge in [0, 0.05) is 58.7 Å². The number of nitrogens with zero attached hydrogens (tertiary/aromatic N) is 4. The molecule has 3 heterocycles. The number of aryl methyl sites for hydroxylation is 1. The van der Waals surface area contributed by atoms with Gasteiger partial charge in [0.1, 0.15) is 11.5 Å². The van der Waals surface area contributed by atoms with Crippen LogP contribution in [0.3, 0.4) is 0 Å². The third-order valence-corrected chi connectivity index (χ3v) is 4.77.